The molecule has 0 aromatic heterocycles. The second-order valence-corrected chi connectivity index (χ2v) is 4.64. The van der Waals surface area contributed by atoms with Crippen LogP contribution in [0.2, 0.25) is 5.02 Å². The fourth-order valence-corrected chi connectivity index (χ4v) is 1.59. The van der Waals surface area contributed by atoms with E-state index < -0.39 is 0 Å². The smallest absolute Gasteiger partial charge is 0.129 e. The number of hydrogen-bond acceptors (Lipinski definition) is 2. The Labute approximate surface area is 100 Å². The number of benzene rings is 1. The molecule has 0 saturated heterocycles. The van der Waals surface area contributed by atoms with Crippen molar-refractivity contribution in [3.63, 3.8) is 0 Å². The van der Waals surface area contributed by atoms with Crippen LogP contribution in [0.1, 0.15) is 25.5 Å². The molecule has 1 aromatic rings. The summed E-state index contributed by atoms with van der Waals surface area (Å²) in [6.45, 7) is 4.71. The topological polar surface area (TPSA) is 32.3 Å². The van der Waals surface area contributed by atoms with Crippen molar-refractivity contribution < 1.29 is 9.50 Å². The molecule has 0 amide bonds. The molecular formula is C12H17ClFNO. The quantitative estimate of drug-likeness (QED) is 0.836. The van der Waals surface area contributed by atoms with Crippen LogP contribution in [0.25, 0.3) is 0 Å². The first-order chi connectivity index (χ1) is 7.54. The van der Waals surface area contributed by atoms with E-state index in [1.807, 2.05) is 0 Å². The lowest BCUT2D eigenvalue weighted by molar-refractivity contribution is 0.238. The molecule has 1 unspecified atom stereocenters. The van der Waals surface area contributed by atoms with Crippen LogP contribution in [0.4, 0.5) is 4.39 Å². The third-order valence-electron chi connectivity index (χ3n) is 2.29. The van der Waals surface area contributed by atoms with Gasteiger partial charge in [0.1, 0.15) is 5.82 Å². The summed E-state index contributed by atoms with van der Waals surface area (Å²) in [5.74, 6) is 0.0622. The standard InChI is InChI=1S/C12H17ClFNO/c1-8(2)6-15-12(7-16)10-4-3-9(13)5-11(10)14/h3-5,8,12,15-16H,6-7H2,1-2H3. The van der Waals surface area contributed by atoms with E-state index in [1.54, 1.807) is 12.1 Å². The molecule has 0 aliphatic rings. The van der Waals surface area contributed by atoms with Crippen LogP contribution >= 0.6 is 11.6 Å². The SMILES string of the molecule is CC(C)CNC(CO)c1ccc(Cl)cc1F. The zero-order valence-corrected chi connectivity index (χ0v) is 10.3. The van der Waals surface area contributed by atoms with Gasteiger partial charge < -0.3 is 10.4 Å². The van der Waals surface area contributed by atoms with Crippen LogP contribution in [-0.4, -0.2) is 18.3 Å². The first kappa shape index (κ1) is 13.4. The lowest BCUT2D eigenvalue weighted by Gasteiger charge is -2.18. The maximum Gasteiger partial charge on any atom is 0.129 e. The van der Waals surface area contributed by atoms with Crippen molar-refractivity contribution >= 4 is 11.6 Å². The summed E-state index contributed by atoms with van der Waals surface area (Å²) in [7, 11) is 0. The van der Waals surface area contributed by atoms with Crippen molar-refractivity contribution in [2.24, 2.45) is 5.92 Å². The van der Waals surface area contributed by atoms with Gasteiger partial charge in [0.25, 0.3) is 0 Å². The summed E-state index contributed by atoms with van der Waals surface area (Å²) >= 11 is 5.67. The highest BCUT2D eigenvalue weighted by Gasteiger charge is 2.14. The van der Waals surface area contributed by atoms with Gasteiger partial charge in [-0.3, -0.25) is 0 Å². The van der Waals surface area contributed by atoms with Crippen molar-refractivity contribution in [2.45, 2.75) is 19.9 Å². The van der Waals surface area contributed by atoms with Crippen molar-refractivity contribution in [3.05, 3.63) is 34.6 Å². The summed E-state index contributed by atoms with van der Waals surface area (Å²) < 4.78 is 13.6. The summed E-state index contributed by atoms with van der Waals surface area (Å²) in [4.78, 5) is 0. The summed E-state index contributed by atoms with van der Waals surface area (Å²) in [5.41, 5.74) is 0.451. The predicted molar refractivity (Wildman–Crippen MR) is 64.1 cm³/mol. The van der Waals surface area contributed by atoms with Gasteiger partial charge in [-0.15, -0.1) is 0 Å². The molecule has 2 N–H and O–H groups in total. The van der Waals surface area contributed by atoms with Crippen molar-refractivity contribution in [2.75, 3.05) is 13.2 Å². The average molecular weight is 246 g/mol. The molecule has 1 rings (SSSR count). The van der Waals surface area contributed by atoms with E-state index in [2.05, 4.69) is 19.2 Å². The van der Waals surface area contributed by atoms with Crippen molar-refractivity contribution in [1.82, 2.24) is 5.32 Å². The molecular weight excluding hydrogens is 229 g/mol. The molecule has 0 heterocycles. The van der Waals surface area contributed by atoms with Gasteiger partial charge in [0.05, 0.1) is 12.6 Å². The molecule has 1 atom stereocenters. The van der Waals surface area contributed by atoms with Gasteiger partial charge in [-0.1, -0.05) is 31.5 Å². The summed E-state index contributed by atoms with van der Waals surface area (Å²) in [6.07, 6.45) is 0. The number of aliphatic hydroxyl groups is 1. The molecule has 2 nitrogen and oxygen atoms in total. The molecule has 4 heteroatoms. The monoisotopic (exact) mass is 245 g/mol. The lowest BCUT2D eigenvalue weighted by atomic mass is 10.1. The first-order valence-electron chi connectivity index (χ1n) is 5.33. The third-order valence-corrected chi connectivity index (χ3v) is 2.53. The minimum absolute atomic E-state index is 0.134. The van der Waals surface area contributed by atoms with Gasteiger partial charge in [-0.2, -0.15) is 0 Å². The minimum atomic E-state index is -0.386. The van der Waals surface area contributed by atoms with Gasteiger partial charge in [0, 0.05) is 10.6 Å². The molecule has 0 fully saturated rings. The molecule has 0 aliphatic carbocycles. The van der Waals surface area contributed by atoms with E-state index in [4.69, 9.17) is 11.6 Å². The van der Waals surface area contributed by atoms with Crippen LogP contribution in [-0.2, 0) is 0 Å². The number of aliphatic hydroxyl groups excluding tert-OH is 1. The highest BCUT2D eigenvalue weighted by Crippen LogP contribution is 2.20. The van der Waals surface area contributed by atoms with Crippen LogP contribution in [0.3, 0.4) is 0 Å². The highest BCUT2D eigenvalue weighted by molar-refractivity contribution is 6.30. The van der Waals surface area contributed by atoms with Crippen LogP contribution in [0.5, 0.6) is 0 Å². The summed E-state index contributed by atoms with van der Waals surface area (Å²) in [5, 5.41) is 12.7. The minimum Gasteiger partial charge on any atom is -0.394 e. The van der Waals surface area contributed by atoms with Gasteiger partial charge in [-0.05, 0) is 24.6 Å². The summed E-state index contributed by atoms with van der Waals surface area (Å²) in [6, 6.07) is 4.11. The molecule has 1 aromatic carbocycles. The second kappa shape index (κ2) is 6.18. The first-order valence-corrected chi connectivity index (χ1v) is 5.71. The van der Waals surface area contributed by atoms with E-state index in [0.717, 1.165) is 6.54 Å². The molecule has 16 heavy (non-hydrogen) atoms. The van der Waals surface area contributed by atoms with E-state index >= 15 is 0 Å². The maximum absolute atomic E-state index is 13.6. The third kappa shape index (κ3) is 3.74. The Kier molecular flexibility index (Phi) is 5.19. The fourth-order valence-electron chi connectivity index (χ4n) is 1.43. The average Bonchev–Trinajstić information content (AvgIpc) is 2.21. The number of rotatable bonds is 5. The Morgan fingerprint density at radius 1 is 1.44 bits per heavy atom. The predicted octanol–water partition coefficient (Wildman–Crippen LogP) is 2.76. The molecule has 0 saturated carbocycles. The van der Waals surface area contributed by atoms with Gasteiger partial charge in [0.2, 0.25) is 0 Å². The molecule has 0 aliphatic heterocycles. The van der Waals surface area contributed by atoms with E-state index in [9.17, 15) is 9.50 Å². The Morgan fingerprint density at radius 3 is 2.62 bits per heavy atom. The molecule has 0 radical (unpaired) electrons. The normalized spacial score (nSPS) is 13.1. The molecule has 0 spiro atoms. The number of halogens is 2. The number of hydrogen-bond donors (Lipinski definition) is 2. The van der Waals surface area contributed by atoms with E-state index in [0.29, 0.717) is 16.5 Å². The van der Waals surface area contributed by atoms with E-state index in [-0.39, 0.29) is 18.5 Å². The molecule has 0 bridgehead atoms. The largest absolute Gasteiger partial charge is 0.394 e. The van der Waals surface area contributed by atoms with Crippen LogP contribution in [0, 0.1) is 11.7 Å². The van der Waals surface area contributed by atoms with Gasteiger partial charge in [0.15, 0.2) is 0 Å². The van der Waals surface area contributed by atoms with E-state index in [1.165, 1.54) is 6.07 Å². The Bertz CT molecular complexity index is 344. The zero-order valence-electron chi connectivity index (χ0n) is 9.50. The Hall–Kier alpha value is -0.640. The Morgan fingerprint density at radius 2 is 2.12 bits per heavy atom. The molecule has 90 valence electrons. The fraction of sp³-hybridized carbons (Fsp3) is 0.500. The van der Waals surface area contributed by atoms with Crippen molar-refractivity contribution in [1.29, 1.82) is 0 Å². The maximum atomic E-state index is 13.6. The van der Waals surface area contributed by atoms with Crippen molar-refractivity contribution in [3.8, 4) is 0 Å². The second-order valence-electron chi connectivity index (χ2n) is 4.20. The van der Waals surface area contributed by atoms with Crippen LogP contribution in [0.15, 0.2) is 18.2 Å². The highest BCUT2D eigenvalue weighted by atomic mass is 35.5. The zero-order chi connectivity index (χ0) is 12.1. The van der Waals surface area contributed by atoms with Gasteiger partial charge in [-0.25, -0.2) is 4.39 Å². The van der Waals surface area contributed by atoms with Crippen LogP contribution < -0.4 is 5.32 Å². The Balaban J connectivity index is 2.78. The van der Waals surface area contributed by atoms with Gasteiger partial charge >= 0.3 is 0 Å². The lowest BCUT2D eigenvalue weighted by Crippen LogP contribution is -2.28. The number of nitrogens with one attached hydrogen (secondary N) is 1.